The lowest BCUT2D eigenvalue weighted by Gasteiger charge is -2.06. The van der Waals surface area contributed by atoms with E-state index in [-0.39, 0.29) is 18.8 Å². The average Bonchev–Trinajstić information content (AvgIpc) is 2.88. The smallest absolute Gasteiger partial charge is 0.248 e. The lowest BCUT2D eigenvalue weighted by Crippen LogP contribution is -2.19. The molecule has 0 radical (unpaired) electrons. The number of hydrogen-bond acceptors (Lipinski definition) is 4. The Labute approximate surface area is 104 Å². The molecule has 1 N–H and O–H groups in total. The van der Waals surface area contributed by atoms with Gasteiger partial charge in [-0.3, -0.25) is 0 Å². The number of halogens is 2. The van der Waals surface area contributed by atoms with E-state index < -0.39 is 5.92 Å². The van der Waals surface area contributed by atoms with Gasteiger partial charge in [0, 0.05) is 37.8 Å². The molecule has 3 rings (SSSR count). The Kier molecular flexibility index (Phi) is 3.05. The lowest BCUT2D eigenvalue weighted by atomic mass is 10.1. The molecule has 0 spiro atoms. The fourth-order valence-corrected chi connectivity index (χ4v) is 2.38. The van der Waals surface area contributed by atoms with Crippen molar-refractivity contribution in [2.45, 2.75) is 56.4 Å². The predicted molar refractivity (Wildman–Crippen MR) is 60.6 cm³/mol. The zero-order valence-electron chi connectivity index (χ0n) is 10.2. The van der Waals surface area contributed by atoms with Gasteiger partial charge in [-0.1, -0.05) is 5.16 Å². The Hall–Kier alpha value is -1.04. The van der Waals surface area contributed by atoms with Gasteiger partial charge in [0.05, 0.1) is 0 Å². The van der Waals surface area contributed by atoms with Gasteiger partial charge in [-0.05, 0) is 19.3 Å². The van der Waals surface area contributed by atoms with E-state index in [4.69, 9.17) is 4.52 Å². The summed E-state index contributed by atoms with van der Waals surface area (Å²) in [6.07, 6.45) is 3.40. The maximum Gasteiger partial charge on any atom is 0.248 e. The normalized spacial score (nSPS) is 26.7. The van der Waals surface area contributed by atoms with Gasteiger partial charge in [-0.25, -0.2) is 8.78 Å². The number of nitrogens with zero attached hydrogens (tertiary/aromatic N) is 2. The van der Waals surface area contributed by atoms with E-state index in [0.717, 1.165) is 6.54 Å². The molecule has 2 aliphatic rings. The second-order valence-corrected chi connectivity index (χ2v) is 5.32. The third-order valence-electron chi connectivity index (χ3n) is 3.60. The third kappa shape index (κ3) is 2.85. The van der Waals surface area contributed by atoms with Gasteiger partial charge in [0.1, 0.15) is 0 Å². The van der Waals surface area contributed by atoms with Crippen LogP contribution in [0.25, 0.3) is 0 Å². The van der Waals surface area contributed by atoms with Crippen molar-refractivity contribution in [3.8, 4) is 0 Å². The molecule has 0 aromatic carbocycles. The first-order chi connectivity index (χ1) is 8.62. The third-order valence-corrected chi connectivity index (χ3v) is 3.60. The molecule has 0 amide bonds. The van der Waals surface area contributed by atoms with E-state index in [1.807, 2.05) is 0 Å². The van der Waals surface area contributed by atoms with Gasteiger partial charge in [-0.2, -0.15) is 4.98 Å². The van der Waals surface area contributed by atoms with Crippen LogP contribution in [0.2, 0.25) is 0 Å². The number of aromatic nitrogens is 2. The summed E-state index contributed by atoms with van der Waals surface area (Å²) in [6, 6.07) is 0.654. The first kappa shape index (κ1) is 12.0. The first-order valence-electron chi connectivity index (χ1n) is 6.56. The van der Waals surface area contributed by atoms with Gasteiger partial charge in [0.2, 0.25) is 11.8 Å². The fraction of sp³-hybridized carbons (Fsp3) is 0.833. The molecule has 1 atom stereocenters. The molecule has 0 saturated heterocycles. The minimum atomic E-state index is -2.56. The fourth-order valence-electron chi connectivity index (χ4n) is 2.38. The van der Waals surface area contributed by atoms with Gasteiger partial charge >= 0.3 is 0 Å². The molecule has 18 heavy (non-hydrogen) atoms. The highest BCUT2D eigenvalue weighted by Crippen LogP contribution is 2.43. The molecule has 1 aromatic heterocycles. The van der Waals surface area contributed by atoms with Crippen molar-refractivity contribution < 1.29 is 13.3 Å². The van der Waals surface area contributed by atoms with Gasteiger partial charge < -0.3 is 9.84 Å². The van der Waals surface area contributed by atoms with Crippen LogP contribution >= 0.6 is 0 Å². The summed E-state index contributed by atoms with van der Waals surface area (Å²) in [7, 11) is 0. The summed E-state index contributed by atoms with van der Waals surface area (Å²) < 4.78 is 31.3. The summed E-state index contributed by atoms with van der Waals surface area (Å²) in [4.78, 5) is 4.22. The van der Waals surface area contributed by atoms with Crippen molar-refractivity contribution in [1.29, 1.82) is 0 Å². The molecule has 1 unspecified atom stereocenters. The largest absolute Gasteiger partial charge is 0.339 e. The molecule has 6 heteroatoms. The number of hydrogen-bond donors (Lipinski definition) is 1. The zero-order chi connectivity index (χ0) is 12.6. The summed E-state index contributed by atoms with van der Waals surface area (Å²) in [6.45, 7) is 0.813. The molecular weight excluding hydrogens is 240 g/mol. The van der Waals surface area contributed by atoms with Crippen LogP contribution in [-0.2, 0) is 6.42 Å². The molecule has 4 nitrogen and oxygen atoms in total. The van der Waals surface area contributed by atoms with Crippen LogP contribution in [-0.4, -0.2) is 28.6 Å². The SMILES string of the molecule is FC1(F)CCC(c2noc(CCNC3CC3)n2)C1. The van der Waals surface area contributed by atoms with E-state index >= 15 is 0 Å². The van der Waals surface area contributed by atoms with E-state index in [0.29, 0.717) is 30.6 Å². The van der Waals surface area contributed by atoms with Crippen molar-refractivity contribution in [2.75, 3.05) is 6.54 Å². The molecular formula is C12H17F2N3O. The summed E-state index contributed by atoms with van der Waals surface area (Å²) in [5.74, 6) is -1.80. The van der Waals surface area contributed by atoms with Crippen LogP contribution in [0.5, 0.6) is 0 Å². The second kappa shape index (κ2) is 4.57. The predicted octanol–water partition coefficient (Wildman–Crippen LogP) is 2.27. The Morgan fingerprint density at radius 1 is 1.33 bits per heavy atom. The zero-order valence-corrected chi connectivity index (χ0v) is 10.2. The average molecular weight is 257 g/mol. The van der Waals surface area contributed by atoms with Crippen molar-refractivity contribution in [1.82, 2.24) is 15.5 Å². The van der Waals surface area contributed by atoms with E-state index in [1.54, 1.807) is 0 Å². The molecule has 100 valence electrons. The Balaban J connectivity index is 1.52. The Morgan fingerprint density at radius 3 is 2.83 bits per heavy atom. The summed E-state index contributed by atoms with van der Waals surface area (Å²) >= 11 is 0. The van der Waals surface area contributed by atoms with Gasteiger partial charge in [0.15, 0.2) is 5.82 Å². The lowest BCUT2D eigenvalue weighted by molar-refractivity contribution is 0.00750. The topological polar surface area (TPSA) is 51.0 Å². The number of nitrogens with one attached hydrogen (secondary N) is 1. The molecule has 0 bridgehead atoms. The maximum atomic E-state index is 13.1. The molecule has 0 aliphatic heterocycles. The van der Waals surface area contributed by atoms with Crippen LogP contribution in [0.1, 0.15) is 49.7 Å². The van der Waals surface area contributed by atoms with E-state index in [9.17, 15) is 8.78 Å². The van der Waals surface area contributed by atoms with Crippen molar-refractivity contribution in [2.24, 2.45) is 0 Å². The second-order valence-electron chi connectivity index (χ2n) is 5.32. The Morgan fingerprint density at radius 2 is 2.17 bits per heavy atom. The number of rotatable bonds is 5. The van der Waals surface area contributed by atoms with Crippen molar-refractivity contribution >= 4 is 0 Å². The highest BCUT2D eigenvalue weighted by atomic mass is 19.3. The molecule has 2 saturated carbocycles. The molecule has 1 heterocycles. The molecule has 2 fully saturated rings. The monoisotopic (exact) mass is 257 g/mol. The van der Waals surface area contributed by atoms with Gasteiger partial charge in [0.25, 0.3) is 0 Å². The minimum Gasteiger partial charge on any atom is -0.339 e. The van der Waals surface area contributed by atoms with E-state index in [2.05, 4.69) is 15.5 Å². The molecule has 1 aromatic rings. The van der Waals surface area contributed by atoms with Crippen molar-refractivity contribution in [3.05, 3.63) is 11.7 Å². The highest BCUT2D eigenvalue weighted by Gasteiger charge is 2.41. The van der Waals surface area contributed by atoms with Crippen LogP contribution in [0.15, 0.2) is 4.52 Å². The van der Waals surface area contributed by atoms with Crippen LogP contribution in [0.3, 0.4) is 0 Å². The highest BCUT2D eigenvalue weighted by molar-refractivity contribution is 5.02. The maximum absolute atomic E-state index is 13.1. The van der Waals surface area contributed by atoms with Crippen LogP contribution in [0, 0.1) is 0 Å². The summed E-state index contributed by atoms with van der Waals surface area (Å²) in [5, 5.41) is 7.18. The first-order valence-corrected chi connectivity index (χ1v) is 6.56. The number of alkyl halides is 2. The van der Waals surface area contributed by atoms with Crippen LogP contribution < -0.4 is 5.32 Å². The molecule has 2 aliphatic carbocycles. The summed E-state index contributed by atoms with van der Waals surface area (Å²) in [5.41, 5.74) is 0. The minimum absolute atomic E-state index is 0.0647. The Bertz CT molecular complexity index is 417. The van der Waals surface area contributed by atoms with E-state index in [1.165, 1.54) is 12.8 Å². The van der Waals surface area contributed by atoms with Gasteiger partial charge in [-0.15, -0.1) is 0 Å². The standard InChI is InChI=1S/C12H17F2N3O/c13-12(14)5-3-8(7-12)11-16-10(18-17-11)4-6-15-9-1-2-9/h8-9,15H,1-7H2. The van der Waals surface area contributed by atoms with Crippen LogP contribution in [0.4, 0.5) is 8.78 Å². The van der Waals surface area contributed by atoms with Crippen molar-refractivity contribution in [3.63, 3.8) is 0 Å². The quantitative estimate of drug-likeness (QED) is 0.879.